The number of rotatable bonds is 7. The second kappa shape index (κ2) is 8.98. The molecule has 0 saturated carbocycles. The number of hydrogen-bond acceptors (Lipinski definition) is 6. The zero-order valence-corrected chi connectivity index (χ0v) is 16.0. The summed E-state index contributed by atoms with van der Waals surface area (Å²) in [4.78, 5) is 26.5. The van der Waals surface area contributed by atoms with Gasteiger partial charge in [-0.1, -0.05) is 54.3 Å². The van der Waals surface area contributed by atoms with Gasteiger partial charge in [0.05, 0.1) is 23.8 Å². The fraction of sp³-hybridized carbons (Fsp3) is 0.211. The minimum atomic E-state index is -0.433. The molecule has 2 N–H and O–H groups in total. The molecule has 1 atom stereocenters. The van der Waals surface area contributed by atoms with Crippen molar-refractivity contribution >= 4 is 46.2 Å². The van der Waals surface area contributed by atoms with Gasteiger partial charge in [0.1, 0.15) is 16.6 Å². The van der Waals surface area contributed by atoms with Crippen molar-refractivity contribution in [1.82, 2.24) is 10.2 Å². The number of amides is 2. The average molecular weight is 402 g/mol. The molecule has 1 aromatic carbocycles. The van der Waals surface area contributed by atoms with E-state index in [0.29, 0.717) is 21.4 Å². The highest BCUT2D eigenvalue weighted by Gasteiger charge is 2.33. The fourth-order valence-electron chi connectivity index (χ4n) is 2.62. The van der Waals surface area contributed by atoms with Gasteiger partial charge in [-0.25, -0.2) is 0 Å². The number of carbonyl (C=O) groups is 2. The summed E-state index contributed by atoms with van der Waals surface area (Å²) in [6.45, 7) is -0.386. The molecule has 27 heavy (non-hydrogen) atoms. The van der Waals surface area contributed by atoms with E-state index in [1.807, 2.05) is 30.3 Å². The number of aliphatic hydroxyl groups excluding tert-OH is 1. The first-order chi connectivity index (χ1) is 13.1. The Hall–Kier alpha value is -2.42. The highest BCUT2D eigenvalue weighted by Crippen LogP contribution is 2.32. The molecule has 1 aromatic heterocycles. The summed E-state index contributed by atoms with van der Waals surface area (Å²) < 4.78 is 5.52. The summed E-state index contributed by atoms with van der Waals surface area (Å²) in [5.41, 5.74) is 1.00. The molecular weight excluding hydrogens is 384 g/mol. The average Bonchev–Trinajstić information content (AvgIpc) is 3.26. The molecule has 1 saturated heterocycles. The molecule has 6 nitrogen and oxygen atoms in total. The Bertz CT molecular complexity index is 850. The number of aliphatic hydroxyl groups is 1. The Morgan fingerprint density at radius 1 is 1.30 bits per heavy atom. The van der Waals surface area contributed by atoms with Gasteiger partial charge in [-0.05, 0) is 24.1 Å². The number of carbonyl (C=O) groups excluding carboxylic acids is 2. The largest absolute Gasteiger partial charge is 0.465 e. The number of furan rings is 1. The minimum absolute atomic E-state index is 0.189. The van der Waals surface area contributed by atoms with E-state index in [-0.39, 0.29) is 25.0 Å². The smallest absolute Gasteiger partial charge is 0.266 e. The van der Waals surface area contributed by atoms with Crippen molar-refractivity contribution in [3.63, 3.8) is 0 Å². The van der Waals surface area contributed by atoms with E-state index in [1.54, 1.807) is 18.2 Å². The summed E-state index contributed by atoms with van der Waals surface area (Å²) in [7, 11) is 0. The lowest BCUT2D eigenvalue weighted by Gasteiger charge is -2.19. The molecule has 8 heteroatoms. The molecule has 1 aliphatic rings. The first kappa shape index (κ1) is 19.3. The summed E-state index contributed by atoms with van der Waals surface area (Å²) in [5.74, 6) is -0.163. The van der Waals surface area contributed by atoms with Crippen molar-refractivity contribution in [3.05, 3.63) is 65.0 Å². The van der Waals surface area contributed by atoms with Crippen LogP contribution in [-0.2, 0) is 16.0 Å². The summed E-state index contributed by atoms with van der Waals surface area (Å²) in [5, 5.41) is 12.3. The van der Waals surface area contributed by atoms with Crippen LogP contribution in [0.15, 0.2) is 58.1 Å². The Kier molecular flexibility index (Phi) is 6.44. The molecule has 0 aliphatic carbocycles. The Morgan fingerprint density at radius 2 is 2.07 bits per heavy atom. The Morgan fingerprint density at radius 3 is 2.74 bits per heavy atom. The van der Waals surface area contributed by atoms with Crippen LogP contribution in [0.2, 0.25) is 0 Å². The maximum absolute atomic E-state index is 12.5. The van der Waals surface area contributed by atoms with Gasteiger partial charge in [0.25, 0.3) is 5.91 Å². The van der Waals surface area contributed by atoms with E-state index < -0.39 is 6.04 Å². The lowest BCUT2D eigenvalue weighted by molar-refractivity contribution is -0.129. The lowest BCUT2D eigenvalue weighted by atomic mass is 10.1. The molecule has 1 aliphatic heterocycles. The first-order valence-corrected chi connectivity index (χ1v) is 9.52. The zero-order chi connectivity index (χ0) is 19.2. The van der Waals surface area contributed by atoms with Crippen LogP contribution in [0.3, 0.4) is 0 Å². The van der Waals surface area contributed by atoms with Crippen molar-refractivity contribution in [2.45, 2.75) is 12.5 Å². The van der Waals surface area contributed by atoms with Crippen LogP contribution in [0.1, 0.15) is 11.3 Å². The molecule has 2 heterocycles. The highest BCUT2D eigenvalue weighted by atomic mass is 32.2. The van der Waals surface area contributed by atoms with Crippen LogP contribution in [0.25, 0.3) is 6.08 Å². The van der Waals surface area contributed by atoms with Gasteiger partial charge < -0.3 is 14.8 Å². The van der Waals surface area contributed by atoms with Gasteiger partial charge in [0.15, 0.2) is 0 Å². The molecule has 0 radical (unpaired) electrons. The topological polar surface area (TPSA) is 82.8 Å². The Labute approximate surface area is 166 Å². The van der Waals surface area contributed by atoms with Gasteiger partial charge in [0, 0.05) is 6.08 Å². The van der Waals surface area contributed by atoms with Gasteiger partial charge in [-0.3, -0.25) is 14.5 Å². The van der Waals surface area contributed by atoms with Crippen LogP contribution in [-0.4, -0.2) is 45.3 Å². The van der Waals surface area contributed by atoms with Crippen LogP contribution in [0.4, 0.5) is 0 Å². The van der Waals surface area contributed by atoms with Crippen molar-refractivity contribution in [2.24, 2.45) is 0 Å². The molecule has 3 rings (SSSR count). The number of nitrogens with zero attached hydrogens (tertiary/aromatic N) is 1. The Balaban J connectivity index is 1.59. The first-order valence-electron chi connectivity index (χ1n) is 8.30. The van der Waals surface area contributed by atoms with E-state index in [2.05, 4.69) is 5.32 Å². The van der Waals surface area contributed by atoms with Crippen LogP contribution in [0, 0.1) is 0 Å². The molecule has 1 fully saturated rings. The maximum Gasteiger partial charge on any atom is 0.266 e. The predicted octanol–water partition coefficient (Wildman–Crippen LogP) is 2.20. The molecule has 2 aromatic rings. The molecule has 140 valence electrons. The van der Waals surface area contributed by atoms with Crippen LogP contribution >= 0.6 is 24.0 Å². The van der Waals surface area contributed by atoms with Crippen molar-refractivity contribution < 1.29 is 19.1 Å². The summed E-state index contributed by atoms with van der Waals surface area (Å²) in [6.07, 6.45) is 3.62. The van der Waals surface area contributed by atoms with Gasteiger partial charge in [-0.15, -0.1) is 0 Å². The molecule has 0 unspecified atom stereocenters. The van der Waals surface area contributed by atoms with E-state index in [0.717, 1.165) is 17.3 Å². The third kappa shape index (κ3) is 5.06. The van der Waals surface area contributed by atoms with Crippen molar-refractivity contribution in [1.29, 1.82) is 0 Å². The zero-order valence-electron chi connectivity index (χ0n) is 14.3. The van der Waals surface area contributed by atoms with E-state index in [9.17, 15) is 14.7 Å². The van der Waals surface area contributed by atoms with Crippen molar-refractivity contribution in [3.8, 4) is 0 Å². The predicted molar refractivity (Wildman–Crippen MR) is 108 cm³/mol. The number of thiocarbonyl (C=S) groups is 1. The monoisotopic (exact) mass is 402 g/mol. The normalized spacial score (nSPS) is 16.8. The maximum atomic E-state index is 12.5. The second-order valence-electron chi connectivity index (χ2n) is 5.92. The lowest BCUT2D eigenvalue weighted by Crippen LogP contribution is -2.45. The van der Waals surface area contributed by atoms with Crippen molar-refractivity contribution in [2.75, 3.05) is 13.2 Å². The van der Waals surface area contributed by atoms with Gasteiger partial charge in [0.2, 0.25) is 5.91 Å². The quantitative estimate of drug-likeness (QED) is 0.546. The SMILES string of the molecule is O=C(CN1C(=O)/C(=C/c2ccco2)SC1=S)N[C@H](CO)Cc1ccccc1. The third-order valence-corrected chi connectivity index (χ3v) is 5.28. The third-order valence-electron chi connectivity index (χ3n) is 3.90. The molecule has 0 bridgehead atoms. The van der Waals surface area contributed by atoms with E-state index in [4.69, 9.17) is 16.6 Å². The standard InChI is InChI=1S/C19H18N2O4S2/c22-12-14(9-13-5-2-1-3-6-13)20-17(23)11-21-18(24)16(27-19(21)26)10-15-7-4-8-25-15/h1-8,10,14,22H,9,11-12H2,(H,20,23)/b16-10-/t14-/m0/s1. The summed E-state index contributed by atoms with van der Waals surface area (Å²) >= 11 is 6.35. The van der Waals surface area contributed by atoms with Crippen LogP contribution < -0.4 is 5.32 Å². The second-order valence-corrected chi connectivity index (χ2v) is 7.60. The van der Waals surface area contributed by atoms with E-state index in [1.165, 1.54) is 11.2 Å². The molecule has 0 spiro atoms. The molecule has 2 amide bonds. The number of hydrogen-bond donors (Lipinski definition) is 2. The van der Waals surface area contributed by atoms with Gasteiger partial charge >= 0.3 is 0 Å². The highest BCUT2D eigenvalue weighted by molar-refractivity contribution is 8.26. The summed E-state index contributed by atoms with van der Waals surface area (Å²) in [6, 6.07) is 12.6. The minimum Gasteiger partial charge on any atom is -0.465 e. The fourth-order valence-corrected chi connectivity index (χ4v) is 3.85. The number of nitrogens with one attached hydrogen (secondary N) is 1. The van der Waals surface area contributed by atoms with Gasteiger partial charge in [-0.2, -0.15) is 0 Å². The number of thioether (sulfide) groups is 1. The van der Waals surface area contributed by atoms with E-state index >= 15 is 0 Å². The molecular formula is C19H18N2O4S2. The number of benzene rings is 1. The van der Waals surface area contributed by atoms with Crippen LogP contribution in [0.5, 0.6) is 0 Å².